The Bertz CT molecular complexity index is 1610. The predicted octanol–water partition coefficient (Wildman–Crippen LogP) is 9.86. The third-order valence-electron chi connectivity index (χ3n) is 8.77. The van der Waals surface area contributed by atoms with Crippen LogP contribution in [0.2, 0.25) is 10.0 Å². The quantitative estimate of drug-likeness (QED) is 0.111. The largest absolute Gasteiger partial charge is 0.454 e. The standard InChI is InChI=1S/C35H42Cl2N2O4S/c1-5-39(6-2,23-27-16-25(3)15-26(4)17-27)14-8-7-13-38(22-30-20-34-35(21-33(30)37)43-24-42-34)44(40,41)32-12-10-28-18-31(36)11-9-29(28)19-32/h9-12,15-21H,5-8,13-14,22-24H2,1-4H3,(H-,40,41)/p+1. The van der Waals surface area contributed by atoms with E-state index in [1.54, 1.807) is 16.4 Å². The Morgan fingerprint density at radius 1 is 0.818 bits per heavy atom. The molecule has 0 atom stereocenters. The van der Waals surface area contributed by atoms with Crippen molar-refractivity contribution >= 4 is 44.8 Å². The minimum Gasteiger partial charge on any atom is -0.454 e. The molecule has 0 bridgehead atoms. The highest BCUT2D eigenvalue weighted by Crippen LogP contribution is 2.53. The lowest BCUT2D eigenvalue weighted by molar-refractivity contribution is -0.938. The number of unbranched alkanes of at least 4 members (excludes halogenated alkanes) is 1. The van der Waals surface area contributed by atoms with E-state index in [0.29, 0.717) is 33.0 Å². The van der Waals surface area contributed by atoms with E-state index < -0.39 is 10.8 Å². The smallest absolute Gasteiger partial charge is 0.231 e. The first kappa shape index (κ1) is 32.9. The van der Waals surface area contributed by atoms with E-state index >= 15 is 0 Å². The van der Waals surface area contributed by atoms with Gasteiger partial charge in [-0.1, -0.05) is 64.7 Å². The maximum absolute atomic E-state index is 11.8. The fourth-order valence-electron chi connectivity index (χ4n) is 6.21. The van der Waals surface area contributed by atoms with E-state index in [0.717, 1.165) is 59.8 Å². The number of ether oxygens (including phenoxy) is 2. The first-order chi connectivity index (χ1) is 21.0. The number of fused-ring (bicyclic) bond motifs is 2. The maximum atomic E-state index is 11.8. The van der Waals surface area contributed by atoms with Gasteiger partial charge in [0.2, 0.25) is 6.79 Å². The third-order valence-corrected chi connectivity index (χ3v) is 11.3. The highest BCUT2D eigenvalue weighted by Gasteiger charge is 2.29. The number of nitrogens with zero attached hydrogens (tertiary/aromatic N) is 2. The van der Waals surface area contributed by atoms with Crippen molar-refractivity contribution in [1.29, 1.82) is 0 Å². The molecule has 0 aliphatic carbocycles. The van der Waals surface area contributed by atoms with Gasteiger partial charge in [-0.15, -0.1) is 10.8 Å². The van der Waals surface area contributed by atoms with Crippen LogP contribution in [0.1, 0.15) is 48.9 Å². The number of rotatable bonds is 13. The monoisotopic (exact) mass is 657 g/mol. The second kappa shape index (κ2) is 13.9. The molecule has 236 valence electrons. The van der Waals surface area contributed by atoms with Gasteiger partial charge in [0, 0.05) is 34.8 Å². The van der Waals surface area contributed by atoms with E-state index in [4.69, 9.17) is 32.7 Å². The van der Waals surface area contributed by atoms with Gasteiger partial charge in [-0.2, -0.15) is 4.31 Å². The van der Waals surface area contributed by atoms with Crippen LogP contribution >= 0.6 is 34.0 Å². The van der Waals surface area contributed by atoms with E-state index in [1.807, 2.05) is 36.4 Å². The van der Waals surface area contributed by atoms with Crippen molar-refractivity contribution in [2.45, 2.75) is 58.5 Å². The molecule has 0 aromatic heterocycles. The van der Waals surface area contributed by atoms with Crippen LogP contribution in [0.25, 0.3) is 10.8 Å². The Morgan fingerprint density at radius 3 is 2.18 bits per heavy atom. The second-order valence-electron chi connectivity index (χ2n) is 11.9. The number of aryl methyl sites for hydroxylation is 2. The summed E-state index contributed by atoms with van der Waals surface area (Å²) in [6.45, 7) is 13.8. The molecule has 6 nitrogen and oxygen atoms in total. The van der Waals surface area contributed by atoms with Gasteiger partial charge < -0.3 is 14.0 Å². The summed E-state index contributed by atoms with van der Waals surface area (Å²) in [5.41, 5.74) is 4.72. The third kappa shape index (κ3) is 7.48. The minimum atomic E-state index is -3.35. The highest BCUT2D eigenvalue weighted by molar-refractivity contribution is 8.22. The van der Waals surface area contributed by atoms with Crippen molar-refractivity contribution in [2.75, 3.05) is 33.0 Å². The zero-order chi connectivity index (χ0) is 31.5. The molecular weight excluding hydrogens is 615 g/mol. The summed E-state index contributed by atoms with van der Waals surface area (Å²) < 4.78 is 37.5. The second-order valence-corrected chi connectivity index (χ2v) is 14.8. The van der Waals surface area contributed by atoms with Gasteiger partial charge >= 0.3 is 0 Å². The molecule has 0 radical (unpaired) electrons. The van der Waals surface area contributed by atoms with Crippen molar-refractivity contribution in [2.24, 2.45) is 0 Å². The molecule has 4 aromatic carbocycles. The normalized spacial score (nSPS) is 13.7. The molecule has 9 heteroatoms. The molecule has 5 rings (SSSR count). The molecule has 0 saturated heterocycles. The van der Waals surface area contributed by atoms with Crippen molar-refractivity contribution in [1.82, 2.24) is 4.31 Å². The van der Waals surface area contributed by atoms with Crippen LogP contribution in [0.3, 0.4) is 0 Å². The van der Waals surface area contributed by atoms with E-state index in [-0.39, 0.29) is 13.3 Å². The van der Waals surface area contributed by atoms with Gasteiger partial charge in [0.25, 0.3) is 0 Å². The lowest BCUT2D eigenvalue weighted by Gasteiger charge is -2.43. The van der Waals surface area contributed by atoms with Crippen LogP contribution in [-0.2, 0) is 13.1 Å². The summed E-state index contributed by atoms with van der Waals surface area (Å²) in [5.74, 6) is 1.21. The lowest BCUT2D eigenvalue weighted by Crippen LogP contribution is -2.47. The summed E-state index contributed by atoms with van der Waals surface area (Å²) in [5, 5.41) is 2.98. The van der Waals surface area contributed by atoms with Gasteiger partial charge in [-0.05, 0) is 87.2 Å². The molecule has 2 N–H and O–H groups in total. The van der Waals surface area contributed by atoms with E-state index in [2.05, 4.69) is 45.9 Å². The predicted molar refractivity (Wildman–Crippen MR) is 183 cm³/mol. The molecule has 0 spiro atoms. The summed E-state index contributed by atoms with van der Waals surface area (Å²) in [6.07, 6.45) is 1.75. The molecule has 1 heterocycles. The van der Waals surface area contributed by atoms with Gasteiger partial charge in [0.1, 0.15) is 6.54 Å². The molecule has 1 aliphatic heterocycles. The van der Waals surface area contributed by atoms with Crippen LogP contribution < -0.4 is 9.47 Å². The van der Waals surface area contributed by atoms with Crippen LogP contribution in [0.5, 0.6) is 11.5 Å². The van der Waals surface area contributed by atoms with Crippen molar-refractivity contribution in [3.63, 3.8) is 0 Å². The average Bonchev–Trinajstić information content (AvgIpc) is 3.44. The summed E-state index contributed by atoms with van der Waals surface area (Å²) in [6, 6.07) is 21.5. The Labute approximate surface area is 273 Å². The van der Waals surface area contributed by atoms with Gasteiger partial charge in [0.05, 0.1) is 24.5 Å². The Kier molecular flexibility index (Phi) is 10.4. The molecule has 4 aromatic rings. The molecule has 44 heavy (non-hydrogen) atoms. The van der Waals surface area contributed by atoms with Crippen molar-refractivity contribution in [3.8, 4) is 11.5 Å². The number of hydrogen-bond acceptors (Lipinski definition) is 5. The first-order valence-electron chi connectivity index (χ1n) is 15.2. The Hall–Kier alpha value is -2.49. The summed E-state index contributed by atoms with van der Waals surface area (Å²) in [7, 11) is -3.35. The fourth-order valence-corrected chi connectivity index (χ4v) is 8.14. The van der Waals surface area contributed by atoms with E-state index in [9.17, 15) is 9.11 Å². The summed E-state index contributed by atoms with van der Waals surface area (Å²) in [4.78, 5) is 0.464. The summed E-state index contributed by atoms with van der Waals surface area (Å²) >= 11 is 12.9. The molecule has 0 unspecified atom stereocenters. The lowest BCUT2D eigenvalue weighted by atomic mass is 10.1. The van der Waals surface area contributed by atoms with Crippen molar-refractivity contribution in [3.05, 3.63) is 99.0 Å². The van der Waals surface area contributed by atoms with Gasteiger partial charge in [-0.25, -0.2) is 0 Å². The zero-order valence-electron chi connectivity index (χ0n) is 26.0. The Morgan fingerprint density at radius 2 is 1.48 bits per heavy atom. The fraction of sp³-hybridized carbons (Fsp3) is 0.371. The molecule has 0 saturated carbocycles. The number of halogens is 2. The first-order valence-corrected chi connectivity index (χ1v) is 17.5. The number of hydrogen-bond donors (Lipinski definition) is 2. The van der Waals surface area contributed by atoms with Crippen LogP contribution in [0.4, 0.5) is 0 Å². The van der Waals surface area contributed by atoms with Gasteiger partial charge in [0.15, 0.2) is 11.5 Å². The van der Waals surface area contributed by atoms with E-state index in [1.165, 1.54) is 16.7 Å². The molecular formula is C35H43Cl2N2O4S+. The number of benzene rings is 4. The molecule has 0 fully saturated rings. The SMILES string of the molecule is CC[N+](CC)(CCCCN(Cc1cc2c(cc1Cl)OCO2)S(O)(O)c1ccc2cc(Cl)ccc2c1)Cc1cc(C)cc(C)c1. The van der Waals surface area contributed by atoms with Crippen LogP contribution in [-0.4, -0.2) is 50.9 Å². The topological polar surface area (TPSA) is 62.2 Å². The number of quaternary nitrogens is 1. The zero-order valence-corrected chi connectivity index (χ0v) is 28.3. The van der Waals surface area contributed by atoms with Crippen molar-refractivity contribution < 1.29 is 23.1 Å². The van der Waals surface area contributed by atoms with Gasteiger partial charge in [-0.3, -0.25) is 9.11 Å². The molecule has 1 aliphatic rings. The minimum absolute atomic E-state index is 0.145. The molecule has 0 amide bonds. The highest BCUT2D eigenvalue weighted by atomic mass is 35.5. The Balaban J connectivity index is 1.37. The average molecular weight is 659 g/mol. The maximum Gasteiger partial charge on any atom is 0.231 e. The van der Waals surface area contributed by atoms with Crippen LogP contribution in [0, 0.1) is 13.8 Å². The van der Waals surface area contributed by atoms with Crippen LogP contribution in [0.15, 0.2) is 71.6 Å².